The number of oxime groups is 1. The zero-order valence-corrected chi connectivity index (χ0v) is 18.2. The van der Waals surface area contributed by atoms with E-state index in [4.69, 9.17) is 4.74 Å². The van der Waals surface area contributed by atoms with E-state index in [1.807, 2.05) is 10.2 Å². The van der Waals surface area contributed by atoms with Crippen molar-refractivity contribution < 1.29 is 19.5 Å². The van der Waals surface area contributed by atoms with Gasteiger partial charge >= 0.3 is 6.03 Å². The van der Waals surface area contributed by atoms with Gasteiger partial charge in [-0.15, -0.1) is 0 Å². The highest BCUT2D eigenvalue weighted by atomic mass is 16.5. The molecule has 0 bridgehead atoms. The summed E-state index contributed by atoms with van der Waals surface area (Å²) in [7, 11) is 1.49. The van der Waals surface area contributed by atoms with Crippen molar-refractivity contribution in [2.24, 2.45) is 5.16 Å². The van der Waals surface area contributed by atoms with Crippen molar-refractivity contribution in [1.82, 2.24) is 30.5 Å². The summed E-state index contributed by atoms with van der Waals surface area (Å²) in [5.74, 6) is 7.24. The third kappa shape index (κ3) is 6.07. The molecule has 3 N–H and O–H groups in total. The van der Waals surface area contributed by atoms with Crippen molar-refractivity contribution in [1.29, 1.82) is 0 Å². The largest absolute Gasteiger partial charge is 0.494 e. The fourth-order valence-electron chi connectivity index (χ4n) is 3.23. The Bertz CT molecular complexity index is 1060. The molecular weight excluding hydrogens is 428 g/mol. The third-order valence-corrected chi connectivity index (χ3v) is 4.82. The first kappa shape index (κ1) is 23.3. The first-order chi connectivity index (χ1) is 16.0. The van der Waals surface area contributed by atoms with Gasteiger partial charge in [-0.1, -0.05) is 11.1 Å². The number of rotatable bonds is 5. The van der Waals surface area contributed by atoms with Crippen LogP contribution in [0, 0.1) is 11.8 Å². The Hall–Kier alpha value is -4.40. The monoisotopic (exact) mass is 452 g/mol. The van der Waals surface area contributed by atoms with Gasteiger partial charge in [0.2, 0.25) is 6.41 Å². The maximum atomic E-state index is 11.4. The fraction of sp³-hybridized carbons (Fsp3) is 0.333. The SMILES string of the molecule is COc1cc(/C(=N/O)N2CCN(c3cnccn3)CC2)cnc1C#CC(C)NC(=O)NC=O. The van der Waals surface area contributed by atoms with Gasteiger partial charge in [-0.3, -0.25) is 15.1 Å². The van der Waals surface area contributed by atoms with E-state index in [1.165, 1.54) is 7.11 Å². The number of imide groups is 1. The molecule has 0 spiro atoms. The Morgan fingerprint density at radius 2 is 2.06 bits per heavy atom. The standard InChI is InChI=1S/C21H24N8O4/c1-15(26-21(31)25-14-30)3-4-17-18(33-2)11-16(12-24-17)20(27-32)29-9-7-28(8-10-29)19-13-22-5-6-23-19/h5-6,11-15,32H,7-10H2,1-2H3,(H2,25,26,30,31)/b27-20-. The van der Waals surface area contributed by atoms with Gasteiger partial charge in [0.1, 0.15) is 5.82 Å². The van der Waals surface area contributed by atoms with Crippen molar-refractivity contribution in [2.45, 2.75) is 13.0 Å². The molecule has 1 unspecified atom stereocenters. The molecule has 1 aliphatic heterocycles. The highest BCUT2D eigenvalue weighted by Gasteiger charge is 2.23. The molecule has 1 saturated heterocycles. The van der Waals surface area contributed by atoms with Gasteiger partial charge in [0.15, 0.2) is 17.3 Å². The van der Waals surface area contributed by atoms with E-state index in [0.29, 0.717) is 49.0 Å². The summed E-state index contributed by atoms with van der Waals surface area (Å²) < 4.78 is 5.41. The zero-order valence-electron chi connectivity index (χ0n) is 18.2. The van der Waals surface area contributed by atoms with Crippen molar-refractivity contribution in [3.8, 4) is 17.6 Å². The summed E-state index contributed by atoms with van der Waals surface area (Å²) in [6.07, 6.45) is 6.84. The number of nitrogens with one attached hydrogen (secondary N) is 2. The molecule has 3 heterocycles. The van der Waals surface area contributed by atoms with E-state index in [-0.39, 0.29) is 6.41 Å². The second-order valence-corrected chi connectivity index (χ2v) is 6.96. The molecule has 33 heavy (non-hydrogen) atoms. The quantitative estimate of drug-likeness (QED) is 0.143. The van der Waals surface area contributed by atoms with Crippen LogP contribution in [-0.4, -0.2) is 82.7 Å². The Kier molecular flexibility index (Phi) is 7.96. The number of carbonyl (C=O) groups is 2. The molecule has 12 heteroatoms. The fourth-order valence-corrected chi connectivity index (χ4v) is 3.23. The highest BCUT2D eigenvalue weighted by molar-refractivity contribution is 5.98. The molecule has 1 aliphatic rings. The van der Waals surface area contributed by atoms with Crippen LogP contribution >= 0.6 is 0 Å². The average molecular weight is 452 g/mol. The van der Waals surface area contributed by atoms with E-state index in [2.05, 4.69) is 42.2 Å². The maximum Gasteiger partial charge on any atom is 0.322 e. The molecule has 1 fully saturated rings. The molecule has 0 radical (unpaired) electrons. The van der Waals surface area contributed by atoms with Crippen LogP contribution in [0.5, 0.6) is 5.75 Å². The number of aromatic nitrogens is 3. The van der Waals surface area contributed by atoms with Gasteiger partial charge < -0.3 is 25.1 Å². The molecular formula is C21H24N8O4. The Balaban J connectivity index is 1.69. The summed E-state index contributed by atoms with van der Waals surface area (Å²) in [6, 6.07) is 0.514. The van der Waals surface area contributed by atoms with Gasteiger partial charge in [-0.25, -0.2) is 14.8 Å². The normalized spacial score (nSPS) is 14.5. The number of amides is 3. The number of piperazine rings is 1. The Morgan fingerprint density at radius 3 is 2.70 bits per heavy atom. The van der Waals surface area contributed by atoms with Crippen molar-refractivity contribution in [3.63, 3.8) is 0 Å². The molecule has 2 aromatic heterocycles. The van der Waals surface area contributed by atoms with Crippen LogP contribution in [-0.2, 0) is 4.79 Å². The zero-order chi connectivity index (χ0) is 23.6. The van der Waals surface area contributed by atoms with Crippen molar-refractivity contribution in [2.75, 3.05) is 38.2 Å². The Morgan fingerprint density at radius 1 is 1.27 bits per heavy atom. The predicted molar refractivity (Wildman–Crippen MR) is 119 cm³/mol. The molecule has 172 valence electrons. The van der Waals surface area contributed by atoms with Crippen LogP contribution in [0.3, 0.4) is 0 Å². The molecule has 0 aromatic carbocycles. The van der Waals surface area contributed by atoms with Gasteiger partial charge in [0.05, 0.1) is 19.3 Å². The number of urea groups is 1. The van der Waals surface area contributed by atoms with Crippen LogP contribution in [0.4, 0.5) is 10.6 Å². The van der Waals surface area contributed by atoms with Gasteiger partial charge in [0, 0.05) is 50.3 Å². The summed E-state index contributed by atoms with van der Waals surface area (Å²) in [6.45, 7) is 4.27. The van der Waals surface area contributed by atoms with E-state index in [1.54, 1.807) is 37.8 Å². The number of nitrogens with zero attached hydrogens (tertiary/aromatic N) is 6. The van der Waals surface area contributed by atoms with Crippen molar-refractivity contribution >= 4 is 24.1 Å². The lowest BCUT2D eigenvalue weighted by Gasteiger charge is -2.36. The average Bonchev–Trinajstić information content (AvgIpc) is 2.84. The van der Waals surface area contributed by atoms with Crippen LogP contribution in [0.25, 0.3) is 0 Å². The number of hydrogen-bond acceptors (Lipinski definition) is 9. The first-order valence-corrected chi connectivity index (χ1v) is 10.1. The van der Waals surface area contributed by atoms with Crippen LogP contribution in [0.1, 0.15) is 18.2 Å². The topological polar surface area (TPSA) is 145 Å². The molecule has 12 nitrogen and oxygen atoms in total. The second kappa shape index (κ2) is 11.3. The summed E-state index contributed by atoms with van der Waals surface area (Å²) in [4.78, 5) is 38.5. The van der Waals surface area contributed by atoms with Crippen molar-refractivity contribution in [3.05, 3.63) is 42.1 Å². The number of amidine groups is 1. The minimum absolute atomic E-state index is 0.286. The maximum absolute atomic E-state index is 11.4. The van der Waals surface area contributed by atoms with Gasteiger partial charge in [-0.05, 0) is 18.9 Å². The molecule has 3 rings (SSSR count). The molecule has 0 saturated carbocycles. The number of ether oxygens (including phenoxy) is 1. The minimum Gasteiger partial charge on any atom is -0.494 e. The number of methoxy groups -OCH3 is 1. The van der Waals surface area contributed by atoms with Crippen LogP contribution < -0.4 is 20.3 Å². The molecule has 2 aromatic rings. The Labute approximate surface area is 190 Å². The molecule has 0 aliphatic carbocycles. The lowest BCUT2D eigenvalue weighted by Crippen LogP contribution is -2.49. The van der Waals surface area contributed by atoms with Gasteiger partial charge in [0.25, 0.3) is 0 Å². The van der Waals surface area contributed by atoms with E-state index in [9.17, 15) is 14.8 Å². The molecule has 3 amide bonds. The molecule has 1 atom stereocenters. The smallest absolute Gasteiger partial charge is 0.322 e. The number of hydrogen-bond donors (Lipinski definition) is 3. The van der Waals surface area contributed by atoms with E-state index >= 15 is 0 Å². The van der Waals surface area contributed by atoms with Crippen LogP contribution in [0.15, 0.2) is 36.0 Å². The number of carbonyl (C=O) groups excluding carboxylic acids is 2. The van der Waals surface area contributed by atoms with Crippen LogP contribution in [0.2, 0.25) is 0 Å². The summed E-state index contributed by atoms with van der Waals surface area (Å²) in [5, 5.41) is 17.7. The van der Waals surface area contributed by atoms with E-state index in [0.717, 1.165) is 5.82 Å². The third-order valence-electron chi connectivity index (χ3n) is 4.82. The number of anilines is 1. The summed E-state index contributed by atoms with van der Waals surface area (Å²) >= 11 is 0. The van der Waals surface area contributed by atoms with E-state index < -0.39 is 12.1 Å². The first-order valence-electron chi connectivity index (χ1n) is 10.1. The second-order valence-electron chi connectivity index (χ2n) is 6.96. The highest BCUT2D eigenvalue weighted by Crippen LogP contribution is 2.20. The lowest BCUT2D eigenvalue weighted by atomic mass is 10.1. The summed E-state index contributed by atoms with van der Waals surface area (Å²) in [5.41, 5.74) is 0.930. The predicted octanol–water partition coefficient (Wildman–Crippen LogP) is 0.0338. The minimum atomic E-state index is -0.648. The van der Waals surface area contributed by atoms with Gasteiger partial charge in [-0.2, -0.15) is 0 Å². The lowest BCUT2D eigenvalue weighted by molar-refractivity contribution is -0.108. The number of pyridine rings is 1.